The van der Waals surface area contributed by atoms with E-state index in [9.17, 15) is 4.79 Å². The van der Waals surface area contributed by atoms with Gasteiger partial charge in [0.1, 0.15) is 0 Å². The Morgan fingerprint density at radius 1 is 1.00 bits per heavy atom. The molecule has 0 N–H and O–H groups in total. The van der Waals surface area contributed by atoms with Gasteiger partial charge in [-0.1, -0.05) is 42.5 Å². The van der Waals surface area contributed by atoms with Crippen molar-refractivity contribution in [2.75, 3.05) is 26.2 Å². The first-order valence-electron chi connectivity index (χ1n) is 8.79. The molecule has 26 heavy (non-hydrogen) atoms. The zero-order valence-corrected chi connectivity index (χ0v) is 16.0. The highest BCUT2D eigenvalue weighted by Crippen LogP contribution is 2.21. The first-order chi connectivity index (χ1) is 12.7. The molecule has 0 radical (unpaired) electrons. The molecule has 0 bridgehead atoms. The van der Waals surface area contributed by atoms with E-state index in [-0.39, 0.29) is 5.91 Å². The van der Waals surface area contributed by atoms with E-state index < -0.39 is 0 Å². The highest BCUT2D eigenvalue weighted by Gasteiger charge is 2.22. The predicted octanol–water partition coefficient (Wildman–Crippen LogP) is 3.96. The molecule has 2 heterocycles. The van der Waals surface area contributed by atoms with Crippen molar-refractivity contribution in [3.63, 3.8) is 0 Å². The quantitative estimate of drug-likeness (QED) is 0.656. The average molecular weight is 410 g/mol. The molecule has 0 spiro atoms. The van der Waals surface area contributed by atoms with E-state index in [0.29, 0.717) is 5.56 Å². The molecule has 1 aliphatic heterocycles. The molecule has 4 nitrogen and oxygen atoms in total. The molecule has 132 valence electrons. The molecule has 3 aromatic rings. The fourth-order valence-corrected chi connectivity index (χ4v) is 3.86. The Morgan fingerprint density at radius 2 is 1.77 bits per heavy atom. The summed E-state index contributed by atoms with van der Waals surface area (Å²) in [6.07, 6.45) is 3.33. The fraction of sp³-hybridized carbons (Fsp3) is 0.238. The minimum atomic E-state index is 0.0589. The van der Waals surface area contributed by atoms with E-state index in [2.05, 4.69) is 68.3 Å². The number of benzene rings is 2. The zero-order valence-electron chi connectivity index (χ0n) is 14.4. The monoisotopic (exact) mass is 409 g/mol. The first-order valence-corrected chi connectivity index (χ1v) is 9.59. The highest BCUT2D eigenvalue weighted by atomic mass is 79.9. The van der Waals surface area contributed by atoms with Crippen LogP contribution in [0.25, 0.3) is 10.8 Å². The number of hydrogen-bond acceptors (Lipinski definition) is 3. The van der Waals surface area contributed by atoms with Gasteiger partial charge in [-0.2, -0.15) is 0 Å². The zero-order chi connectivity index (χ0) is 17.9. The summed E-state index contributed by atoms with van der Waals surface area (Å²) in [5.41, 5.74) is 1.99. The third kappa shape index (κ3) is 3.64. The molecular formula is C21H20BrN3O. The maximum absolute atomic E-state index is 12.6. The SMILES string of the molecule is O=C(c1cncc(Br)c1)N1CCN(Cc2cccc3ccccc23)CC1. The van der Waals surface area contributed by atoms with Gasteiger partial charge in [0, 0.05) is 49.6 Å². The van der Waals surface area contributed by atoms with E-state index in [0.717, 1.165) is 37.2 Å². The number of halogens is 1. The first kappa shape index (κ1) is 17.2. The number of rotatable bonds is 3. The molecular weight excluding hydrogens is 390 g/mol. The molecule has 1 aliphatic rings. The van der Waals surface area contributed by atoms with Crippen LogP contribution in [0, 0.1) is 0 Å². The number of aromatic nitrogens is 1. The Kier molecular flexibility index (Phi) is 5.00. The molecule has 0 unspecified atom stereocenters. The van der Waals surface area contributed by atoms with Crippen molar-refractivity contribution in [2.45, 2.75) is 6.54 Å². The van der Waals surface area contributed by atoms with Crippen molar-refractivity contribution in [3.8, 4) is 0 Å². The summed E-state index contributed by atoms with van der Waals surface area (Å²) < 4.78 is 0.831. The van der Waals surface area contributed by atoms with Gasteiger partial charge in [-0.15, -0.1) is 0 Å². The van der Waals surface area contributed by atoms with E-state index in [1.165, 1.54) is 16.3 Å². The molecule has 2 aromatic carbocycles. The van der Waals surface area contributed by atoms with Gasteiger partial charge in [0.15, 0.2) is 0 Å². The number of pyridine rings is 1. The van der Waals surface area contributed by atoms with Crippen LogP contribution in [0.3, 0.4) is 0 Å². The van der Waals surface area contributed by atoms with Crippen LogP contribution in [-0.2, 0) is 6.54 Å². The van der Waals surface area contributed by atoms with E-state index >= 15 is 0 Å². The van der Waals surface area contributed by atoms with E-state index in [4.69, 9.17) is 0 Å². The summed E-state index contributed by atoms with van der Waals surface area (Å²) in [6.45, 7) is 4.18. The summed E-state index contributed by atoms with van der Waals surface area (Å²) in [6, 6.07) is 16.8. The summed E-state index contributed by atoms with van der Waals surface area (Å²) in [5, 5.41) is 2.59. The lowest BCUT2D eigenvalue weighted by Gasteiger charge is -2.35. The third-order valence-electron chi connectivity index (χ3n) is 4.89. The van der Waals surface area contributed by atoms with Gasteiger partial charge in [0.25, 0.3) is 5.91 Å². The number of piperazine rings is 1. The second-order valence-corrected chi connectivity index (χ2v) is 7.51. The van der Waals surface area contributed by atoms with Crippen LogP contribution in [0.2, 0.25) is 0 Å². The normalized spacial score (nSPS) is 15.3. The standard InChI is InChI=1S/C21H20BrN3O/c22-19-12-18(13-23-14-19)21(26)25-10-8-24(9-11-25)15-17-6-3-5-16-4-1-2-7-20(16)17/h1-7,12-14H,8-11,15H2. The average Bonchev–Trinajstić information content (AvgIpc) is 2.68. The second-order valence-electron chi connectivity index (χ2n) is 6.60. The van der Waals surface area contributed by atoms with Crippen LogP contribution in [0.1, 0.15) is 15.9 Å². The summed E-state index contributed by atoms with van der Waals surface area (Å²) in [4.78, 5) is 21.1. The lowest BCUT2D eigenvalue weighted by molar-refractivity contribution is 0.0628. The van der Waals surface area contributed by atoms with Crippen LogP contribution in [-0.4, -0.2) is 46.9 Å². The highest BCUT2D eigenvalue weighted by molar-refractivity contribution is 9.10. The Bertz CT molecular complexity index is 930. The summed E-state index contributed by atoms with van der Waals surface area (Å²) in [5.74, 6) is 0.0589. The Labute approximate surface area is 161 Å². The lowest BCUT2D eigenvalue weighted by Crippen LogP contribution is -2.48. The minimum absolute atomic E-state index is 0.0589. The second kappa shape index (κ2) is 7.56. The van der Waals surface area contributed by atoms with Crippen molar-refractivity contribution in [1.29, 1.82) is 0 Å². The van der Waals surface area contributed by atoms with Gasteiger partial charge in [-0.25, -0.2) is 0 Å². The molecule has 0 aliphatic carbocycles. The van der Waals surface area contributed by atoms with Crippen LogP contribution in [0.4, 0.5) is 0 Å². The summed E-state index contributed by atoms with van der Waals surface area (Å²) >= 11 is 3.38. The van der Waals surface area contributed by atoms with Crippen molar-refractivity contribution in [3.05, 3.63) is 76.5 Å². The maximum atomic E-state index is 12.6. The molecule has 1 amide bonds. The number of amides is 1. The Morgan fingerprint density at radius 3 is 2.58 bits per heavy atom. The lowest BCUT2D eigenvalue weighted by atomic mass is 10.0. The van der Waals surface area contributed by atoms with Gasteiger partial charge >= 0.3 is 0 Å². The number of carbonyl (C=O) groups excluding carboxylic acids is 1. The maximum Gasteiger partial charge on any atom is 0.255 e. The van der Waals surface area contributed by atoms with Crippen LogP contribution >= 0.6 is 15.9 Å². The van der Waals surface area contributed by atoms with Gasteiger partial charge in [0.2, 0.25) is 0 Å². The Hall–Kier alpha value is -2.24. The smallest absolute Gasteiger partial charge is 0.255 e. The van der Waals surface area contributed by atoms with Crippen molar-refractivity contribution >= 4 is 32.6 Å². The van der Waals surface area contributed by atoms with Gasteiger partial charge in [0.05, 0.1) is 5.56 Å². The summed E-state index contributed by atoms with van der Waals surface area (Å²) in [7, 11) is 0. The van der Waals surface area contributed by atoms with E-state index in [1.54, 1.807) is 12.4 Å². The predicted molar refractivity (Wildman–Crippen MR) is 107 cm³/mol. The topological polar surface area (TPSA) is 36.4 Å². The van der Waals surface area contributed by atoms with Crippen molar-refractivity contribution in [1.82, 2.24) is 14.8 Å². The third-order valence-corrected chi connectivity index (χ3v) is 5.32. The van der Waals surface area contributed by atoms with Gasteiger partial charge in [-0.3, -0.25) is 14.7 Å². The molecule has 1 saturated heterocycles. The van der Waals surface area contributed by atoms with Crippen LogP contribution in [0.5, 0.6) is 0 Å². The molecule has 1 fully saturated rings. The molecule has 1 aromatic heterocycles. The number of fused-ring (bicyclic) bond motifs is 1. The number of carbonyl (C=O) groups is 1. The Balaban J connectivity index is 1.41. The van der Waals surface area contributed by atoms with E-state index in [1.807, 2.05) is 11.0 Å². The molecule has 0 atom stereocenters. The molecule has 4 rings (SSSR count). The molecule has 0 saturated carbocycles. The minimum Gasteiger partial charge on any atom is -0.336 e. The van der Waals surface area contributed by atoms with Gasteiger partial charge in [-0.05, 0) is 38.3 Å². The van der Waals surface area contributed by atoms with Crippen molar-refractivity contribution in [2.24, 2.45) is 0 Å². The van der Waals surface area contributed by atoms with Crippen LogP contribution in [0.15, 0.2) is 65.4 Å². The number of nitrogens with zero attached hydrogens (tertiary/aromatic N) is 3. The molecule has 5 heteroatoms. The van der Waals surface area contributed by atoms with Crippen LogP contribution < -0.4 is 0 Å². The van der Waals surface area contributed by atoms with Crippen molar-refractivity contribution < 1.29 is 4.79 Å². The fourth-order valence-electron chi connectivity index (χ4n) is 3.49. The largest absolute Gasteiger partial charge is 0.336 e. The number of hydrogen-bond donors (Lipinski definition) is 0. The van der Waals surface area contributed by atoms with Gasteiger partial charge < -0.3 is 4.90 Å².